The third kappa shape index (κ3) is 7.53. The summed E-state index contributed by atoms with van der Waals surface area (Å²) in [5, 5.41) is 10.5. The maximum Gasteiger partial charge on any atom is 0.170 e. The number of aliphatic hydroxyl groups excluding tert-OH is 1. The number of ether oxygens (including phenoxy) is 3. The Balaban J connectivity index is 1.15. The Bertz CT molecular complexity index is 915. The molecule has 0 amide bonds. The van der Waals surface area contributed by atoms with Gasteiger partial charge in [0.15, 0.2) is 17.3 Å². The van der Waals surface area contributed by atoms with Crippen molar-refractivity contribution in [3.05, 3.63) is 59.7 Å². The van der Waals surface area contributed by atoms with Gasteiger partial charge in [0, 0.05) is 45.7 Å². The van der Waals surface area contributed by atoms with E-state index in [1.54, 1.807) is 0 Å². The molecule has 1 fully saturated rings. The molecule has 0 aromatic heterocycles. The zero-order valence-corrected chi connectivity index (χ0v) is 19.9. The Morgan fingerprint density at radius 2 is 1.65 bits per heavy atom. The molecule has 7 nitrogen and oxygen atoms in total. The first-order valence-electron chi connectivity index (χ1n) is 12.3. The number of nitrogens with zero attached hydrogens (tertiary/aromatic N) is 2. The van der Waals surface area contributed by atoms with Crippen molar-refractivity contribution in [2.75, 3.05) is 59.2 Å². The standard InChI is InChI=1S/C27H36N2O5/c30-24(20-29-12-11-22-5-1-2-6-23(22)19-29)9-10-25(31)21-34-27-8-4-3-7-26(27)33-18-15-28-13-16-32-17-14-28/h1-8,24,30H,9-21H2/t24-/m0/s1. The summed E-state index contributed by atoms with van der Waals surface area (Å²) in [6.07, 6.45) is 1.22. The first kappa shape index (κ1) is 24.7. The highest BCUT2D eigenvalue weighted by atomic mass is 16.5. The topological polar surface area (TPSA) is 71.5 Å². The maximum atomic E-state index is 12.4. The van der Waals surface area contributed by atoms with Gasteiger partial charge in [0.1, 0.15) is 13.2 Å². The van der Waals surface area contributed by atoms with Crippen LogP contribution in [0.1, 0.15) is 24.0 Å². The fraction of sp³-hybridized carbons (Fsp3) is 0.519. The van der Waals surface area contributed by atoms with Gasteiger partial charge in [0.25, 0.3) is 0 Å². The van der Waals surface area contributed by atoms with Crippen molar-refractivity contribution in [2.45, 2.75) is 31.9 Å². The Morgan fingerprint density at radius 1 is 0.941 bits per heavy atom. The van der Waals surface area contributed by atoms with Gasteiger partial charge < -0.3 is 19.3 Å². The van der Waals surface area contributed by atoms with E-state index in [0.29, 0.717) is 37.5 Å². The minimum Gasteiger partial charge on any atom is -0.488 e. The van der Waals surface area contributed by atoms with E-state index in [4.69, 9.17) is 14.2 Å². The van der Waals surface area contributed by atoms with Crippen LogP contribution in [0.15, 0.2) is 48.5 Å². The summed E-state index contributed by atoms with van der Waals surface area (Å²) in [5.41, 5.74) is 2.72. The molecule has 1 saturated heterocycles. The lowest BCUT2D eigenvalue weighted by molar-refractivity contribution is -0.121. The van der Waals surface area contributed by atoms with Crippen LogP contribution in [0.4, 0.5) is 0 Å². The Kier molecular flexibility index (Phi) is 9.33. The van der Waals surface area contributed by atoms with Gasteiger partial charge in [-0.1, -0.05) is 36.4 Å². The molecule has 1 N–H and O–H groups in total. The number of fused-ring (bicyclic) bond motifs is 1. The number of hydrogen-bond acceptors (Lipinski definition) is 7. The lowest BCUT2D eigenvalue weighted by Gasteiger charge is -2.30. The van der Waals surface area contributed by atoms with Gasteiger partial charge >= 0.3 is 0 Å². The number of β-amino-alcohol motifs (C(OH)–C–C–N with tert-alkyl or cyclic N) is 1. The smallest absolute Gasteiger partial charge is 0.170 e. The van der Waals surface area contributed by atoms with Crippen LogP contribution in [0.5, 0.6) is 11.5 Å². The summed E-state index contributed by atoms with van der Waals surface area (Å²) in [4.78, 5) is 17.0. The number of carbonyl (C=O) groups excluding carboxylic acids is 1. The third-order valence-corrected chi connectivity index (χ3v) is 6.44. The Morgan fingerprint density at radius 3 is 2.44 bits per heavy atom. The molecule has 0 aliphatic carbocycles. The summed E-state index contributed by atoms with van der Waals surface area (Å²) in [6, 6.07) is 15.9. The zero-order chi connectivity index (χ0) is 23.6. The molecule has 0 spiro atoms. The van der Waals surface area contributed by atoms with E-state index in [1.165, 1.54) is 11.1 Å². The van der Waals surface area contributed by atoms with Gasteiger partial charge in [-0.3, -0.25) is 14.6 Å². The predicted octanol–water partition coefficient (Wildman–Crippen LogP) is 2.54. The number of hydrogen-bond donors (Lipinski definition) is 1. The number of morpholine rings is 1. The monoisotopic (exact) mass is 468 g/mol. The Labute approximate surface area is 202 Å². The minimum atomic E-state index is -0.523. The fourth-order valence-electron chi connectivity index (χ4n) is 4.46. The third-order valence-electron chi connectivity index (χ3n) is 6.44. The molecule has 2 aromatic carbocycles. The van der Waals surface area contributed by atoms with E-state index in [1.807, 2.05) is 24.3 Å². The fourth-order valence-corrected chi connectivity index (χ4v) is 4.46. The molecule has 0 radical (unpaired) electrons. The molecule has 0 saturated carbocycles. The van der Waals surface area contributed by atoms with Crippen LogP contribution in [-0.4, -0.2) is 85.9 Å². The number of carbonyl (C=O) groups is 1. The minimum absolute atomic E-state index is 0.0202. The van der Waals surface area contributed by atoms with Crippen LogP contribution in [0, 0.1) is 0 Å². The number of aliphatic hydroxyl groups is 1. The largest absolute Gasteiger partial charge is 0.488 e. The van der Waals surface area contributed by atoms with Gasteiger partial charge in [-0.25, -0.2) is 0 Å². The van der Waals surface area contributed by atoms with Gasteiger partial charge in [-0.15, -0.1) is 0 Å². The number of para-hydroxylation sites is 2. The van der Waals surface area contributed by atoms with Crippen molar-refractivity contribution in [1.82, 2.24) is 9.80 Å². The molecule has 184 valence electrons. The van der Waals surface area contributed by atoms with Crippen LogP contribution in [0.25, 0.3) is 0 Å². The highest BCUT2D eigenvalue weighted by molar-refractivity contribution is 5.80. The summed E-state index contributed by atoms with van der Waals surface area (Å²) >= 11 is 0. The van der Waals surface area contributed by atoms with Crippen molar-refractivity contribution < 1.29 is 24.1 Å². The quantitative estimate of drug-likeness (QED) is 0.513. The lowest BCUT2D eigenvalue weighted by Crippen LogP contribution is -2.38. The van der Waals surface area contributed by atoms with E-state index in [-0.39, 0.29) is 12.4 Å². The second-order valence-electron chi connectivity index (χ2n) is 9.02. The zero-order valence-electron chi connectivity index (χ0n) is 19.9. The number of ketones is 1. The molecule has 4 rings (SSSR count). The normalized spacial score (nSPS) is 17.7. The van der Waals surface area contributed by atoms with Crippen LogP contribution in [0.3, 0.4) is 0 Å². The summed E-state index contributed by atoms with van der Waals surface area (Å²) < 4.78 is 17.0. The number of Topliss-reactive ketones (excluding diaryl/α,β-unsaturated/α-hetero) is 1. The van der Waals surface area contributed by atoms with Crippen molar-refractivity contribution >= 4 is 5.78 Å². The second kappa shape index (κ2) is 12.9. The SMILES string of the molecule is O=C(CC[C@H](O)CN1CCc2ccccc2C1)COc1ccccc1OCCN1CCOCC1. The van der Waals surface area contributed by atoms with Gasteiger partial charge in [0.2, 0.25) is 0 Å². The molecule has 2 aliphatic rings. The lowest BCUT2D eigenvalue weighted by atomic mass is 9.99. The molecule has 0 bridgehead atoms. The van der Waals surface area contributed by atoms with E-state index in [9.17, 15) is 9.90 Å². The molecule has 34 heavy (non-hydrogen) atoms. The van der Waals surface area contributed by atoms with Gasteiger partial charge in [-0.2, -0.15) is 0 Å². The molecule has 7 heteroatoms. The predicted molar refractivity (Wildman–Crippen MR) is 130 cm³/mol. The second-order valence-corrected chi connectivity index (χ2v) is 9.02. The van der Waals surface area contributed by atoms with Crippen LogP contribution < -0.4 is 9.47 Å². The molecule has 1 atom stereocenters. The highest BCUT2D eigenvalue weighted by Crippen LogP contribution is 2.26. The van der Waals surface area contributed by atoms with Gasteiger partial charge in [0.05, 0.1) is 19.3 Å². The van der Waals surface area contributed by atoms with Crippen molar-refractivity contribution in [1.29, 1.82) is 0 Å². The van der Waals surface area contributed by atoms with Gasteiger partial charge in [-0.05, 0) is 36.1 Å². The van der Waals surface area contributed by atoms with E-state index < -0.39 is 6.10 Å². The molecule has 2 aromatic rings. The van der Waals surface area contributed by atoms with E-state index in [0.717, 1.165) is 52.4 Å². The average Bonchev–Trinajstić information content (AvgIpc) is 2.87. The first-order chi connectivity index (χ1) is 16.7. The van der Waals surface area contributed by atoms with Crippen LogP contribution >= 0.6 is 0 Å². The molecule has 2 aliphatic heterocycles. The summed E-state index contributed by atoms with van der Waals surface area (Å²) in [5.74, 6) is 1.20. The number of rotatable bonds is 12. The van der Waals surface area contributed by atoms with Crippen LogP contribution in [-0.2, 0) is 22.5 Å². The van der Waals surface area contributed by atoms with E-state index in [2.05, 4.69) is 34.1 Å². The molecular formula is C27H36N2O5. The highest BCUT2D eigenvalue weighted by Gasteiger charge is 2.19. The molecular weight excluding hydrogens is 432 g/mol. The number of benzene rings is 2. The van der Waals surface area contributed by atoms with Crippen molar-refractivity contribution in [2.24, 2.45) is 0 Å². The summed E-state index contributed by atoms with van der Waals surface area (Å²) in [6.45, 7) is 7.12. The summed E-state index contributed by atoms with van der Waals surface area (Å²) in [7, 11) is 0. The first-order valence-corrected chi connectivity index (χ1v) is 12.3. The Hall–Kier alpha value is -2.45. The van der Waals surface area contributed by atoms with Crippen molar-refractivity contribution in [3.8, 4) is 11.5 Å². The maximum absolute atomic E-state index is 12.4. The molecule has 2 heterocycles. The van der Waals surface area contributed by atoms with Crippen LogP contribution in [0.2, 0.25) is 0 Å². The average molecular weight is 469 g/mol. The van der Waals surface area contributed by atoms with E-state index >= 15 is 0 Å². The molecule has 0 unspecified atom stereocenters. The van der Waals surface area contributed by atoms with Crippen molar-refractivity contribution in [3.63, 3.8) is 0 Å².